The minimum Gasteiger partial charge on any atom is -0.391 e. The zero-order valence-electron chi connectivity index (χ0n) is 17.4. The predicted octanol–water partition coefficient (Wildman–Crippen LogP) is 2.96. The zero-order valence-corrected chi connectivity index (χ0v) is 17.4. The molecule has 5 rings (SSSR count). The van der Waals surface area contributed by atoms with Crippen LogP contribution in [0.15, 0.2) is 42.7 Å². The lowest BCUT2D eigenvalue weighted by molar-refractivity contribution is -0.125. The average molecular weight is 439 g/mol. The molecule has 32 heavy (non-hydrogen) atoms. The van der Waals surface area contributed by atoms with Crippen LogP contribution in [0.25, 0.3) is 11.7 Å². The Balaban J connectivity index is 1.42. The predicted molar refractivity (Wildman–Crippen MR) is 115 cm³/mol. The number of halogens is 2. The fourth-order valence-corrected chi connectivity index (χ4v) is 4.50. The number of aliphatic hydroxyl groups is 1. The zero-order chi connectivity index (χ0) is 22.2. The molecule has 9 heteroatoms. The van der Waals surface area contributed by atoms with Gasteiger partial charge in [-0.1, -0.05) is 0 Å². The van der Waals surface area contributed by atoms with Gasteiger partial charge in [-0.25, -0.2) is 18.3 Å². The van der Waals surface area contributed by atoms with Crippen molar-refractivity contribution < 1.29 is 18.7 Å². The number of carbonyl (C=O) groups excluding carboxylic acids is 1. The molecule has 1 N–H and O–H groups in total. The van der Waals surface area contributed by atoms with Gasteiger partial charge in [-0.05, 0) is 49.6 Å². The first-order chi connectivity index (χ1) is 15.5. The molecule has 0 bridgehead atoms. The Labute approximate surface area is 183 Å². The molecule has 2 atom stereocenters. The number of rotatable bonds is 4. The Bertz CT molecular complexity index is 1190. The van der Waals surface area contributed by atoms with Crippen molar-refractivity contribution in [2.45, 2.75) is 31.4 Å². The molecule has 2 saturated heterocycles. The Morgan fingerprint density at radius 2 is 2.06 bits per heavy atom. The summed E-state index contributed by atoms with van der Waals surface area (Å²) in [6.07, 6.45) is 8.19. The molecule has 0 aliphatic carbocycles. The number of hydrogen-bond acceptors (Lipinski definition) is 5. The summed E-state index contributed by atoms with van der Waals surface area (Å²) < 4.78 is 29.8. The molecule has 0 radical (unpaired) electrons. The minimum absolute atomic E-state index is 0.168. The lowest BCUT2D eigenvalue weighted by atomic mass is 10.0. The first-order valence-corrected chi connectivity index (χ1v) is 10.7. The summed E-state index contributed by atoms with van der Waals surface area (Å²) in [5.41, 5.74) is 1.57. The van der Waals surface area contributed by atoms with Crippen LogP contribution < -0.4 is 4.90 Å². The second-order valence-electron chi connectivity index (χ2n) is 8.23. The average Bonchev–Trinajstić information content (AvgIpc) is 3.53. The van der Waals surface area contributed by atoms with Crippen LogP contribution in [0.5, 0.6) is 0 Å². The van der Waals surface area contributed by atoms with Gasteiger partial charge in [0.05, 0.1) is 18.3 Å². The Morgan fingerprint density at radius 3 is 2.88 bits per heavy atom. The summed E-state index contributed by atoms with van der Waals surface area (Å²) in [7, 11) is 0. The van der Waals surface area contributed by atoms with E-state index >= 15 is 0 Å². The Hall–Kier alpha value is -3.33. The van der Waals surface area contributed by atoms with E-state index in [4.69, 9.17) is 4.98 Å². The number of carbonyl (C=O) groups is 1. The molecule has 1 amide bonds. The van der Waals surface area contributed by atoms with E-state index in [1.54, 1.807) is 34.0 Å². The molecular formula is C23H23F2N5O2. The van der Waals surface area contributed by atoms with Crippen molar-refractivity contribution in [3.05, 3.63) is 65.5 Å². The molecule has 0 unspecified atom stereocenters. The van der Waals surface area contributed by atoms with Crippen molar-refractivity contribution >= 4 is 23.4 Å². The Kier molecular flexibility index (Phi) is 5.34. The van der Waals surface area contributed by atoms with Gasteiger partial charge in [0.15, 0.2) is 5.65 Å². The fourth-order valence-electron chi connectivity index (χ4n) is 4.50. The maximum absolute atomic E-state index is 14.4. The van der Waals surface area contributed by atoms with Crippen LogP contribution in [-0.2, 0) is 4.79 Å². The third-order valence-corrected chi connectivity index (χ3v) is 6.13. The number of nitrogens with zero attached hydrogens (tertiary/aromatic N) is 5. The largest absolute Gasteiger partial charge is 0.391 e. The molecule has 0 saturated carbocycles. The molecule has 3 aromatic rings. The van der Waals surface area contributed by atoms with Crippen LogP contribution in [0.3, 0.4) is 0 Å². The molecular weight excluding hydrogens is 416 g/mol. The number of aliphatic hydroxyl groups excluding tert-OH is 1. The van der Waals surface area contributed by atoms with E-state index in [2.05, 4.69) is 5.10 Å². The van der Waals surface area contributed by atoms with E-state index in [-0.39, 0.29) is 11.9 Å². The van der Waals surface area contributed by atoms with Crippen LogP contribution >= 0.6 is 0 Å². The molecule has 2 aromatic heterocycles. The number of hydrogen-bond donors (Lipinski definition) is 1. The summed E-state index contributed by atoms with van der Waals surface area (Å²) in [5, 5.41) is 13.9. The van der Waals surface area contributed by atoms with Gasteiger partial charge in [-0.3, -0.25) is 4.79 Å². The highest BCUT2D eigenvalue weighted by molar-refractivity contribution is 5.93. The molecule has 2 aliphatic rings. The highest BCUT2D eigenvalue weighted by atomic mass is 19.1. The van der Waals surface area contributed by atoms with Gasteiger partial charge in [0, 0.05) is 43.0 Å². The summed E-state index contributed by atoms with van der Waals surface area (Å²) >= 11 is 0. The van der Waals surface area contributed by atoms with Crippen molar-refractivity contribution in [1.82, 2.24) is 19.5 Å². The number of anilines is 1. The van der Waals surface area contributed by atoms with Crippen molar-refractivity contribution in [2.24, 2.45) is 0 Å². The fraction of sp³-hybridized carbons (Fsp3) is 0.348. The number of benzene rings is 1. The molecule has 1 aromatic carbocycles. The van der Waals surface area contributed by atoms with Gasteiger partial charge in [-0.2, -0.15) is 5.10 Å². The lowest BCUT2D eigenvalue weighted by Crippen LogP contribution is -2.27. The maximum atomic E-state index is 14.4. The summed E-state index contributed by atoms with van der Waals surface area (Å²) in [4.78, 5) is 20.7. The van der Waals surface area contributed by atoms with Crippen molar-refractivity contribution in [2.75, 3.05) is 24.5 Å². The molecule has 4 heterocycles. The van der Waals surface area contributed by atoms with Gasteiger partial charge < -0.3 is 14.9 Å². The second kappa shape index (κ2) is 8.31. The topological polar surface area (TPSA) is 74.0 Å². The number of aromatic nitrogens is 3. The standard InChI is InChI=1S/C23H23F2N5O2/c24-16-4-5-19(25)18(12-16)20-2-1-9-29(20)21-8-11-30-23(27-21)15(13-26-30)3-6-22(32)28-10-7-17(31)14-28/h3-6,8,11-13,17,20,31H,1-2,7,9-10,14H2/b6-3+/t17-,20+/m0/s1. The molecule has 7 nitrogen and oxygen atoms in total. The first kappa shape index (κ1) is 20.6. The second-order valence-corrected chi connectivity index (χ2v) is 8.23. The maximum Gasteiger partial charge on any atom is 0.246 e. The summed E-state index contributed by atoms with van der Waals surface area (Å²) in [5.74, 6) is -0.413. The summed E-state index contributed by atoms with van der Waals surface area (Å²) in [6.45, 7) is 1.56. The van der Waals surface area contributed by atoms with Crippen LogP contribution in [0.2, 0.25) is 0 Å². The lowest BCUT2D eigenvalue weighted by Gasteiger charge is -2.26. The monoisotopic (exact) mass is 439 g/mol. The van der Waals surface area contributed by atoms with E-state index in [1.165, 1.54) is 12.1 Å². The molecule has 0 spiro atoms. The highest BCUT2D eigenvalue weighted by Gasteiger charge is 2.30. The smallest absolute Gasteiger partial charge is 0.246 e. The third-order valence-electron chi connectivity index (χ3n) is 6.13. The molecule has 166 valence electrons. The van der Waals surface area contributed by atoms with Crippen LogP contribution in [0.1, 0.15) is 36.4 Å². The van der Waals surface area contributed by atoms with E-state index in [0.717, 1.165) is 18.6 Å². The normalized spacial score (nSPS) is 21.3. The van der Waals surface area contributed by atoms with Gasteiger partial charge in [-0.15, -0.1) is 0 Å². The van der Waals surface area contributed by atoms with Crippen LogP contribution in [0, 0.1) is 11.6 Å². The van der Waals surface area contributed by atoms with Crippen LogP contribution in [-0.4, -0.2) is 56.2 Å². The van der Waals surface area contributed by atoms with Crippen molar-refractivity contribution in [1.29, 1.82) is 0 Å². The SMILES string of the molecule is O=C(/C=C/c1cnn2ccc(N3CCC[C@@H]3c3cc(F)ccc3F)nc12)N1CC[C@H](O)C1. The number of likely N-dealkylation sites (tertiary alicyclic amines) is 1. The minimum atomic E-state index is -0.468. The quantitative estimate of drug-likeness (QED) is 0.633. The van der Waals surface area contributed by atoms with E-state index in [0.29, 0.717) is 55.1 Å². The number of β-amino-alcohol motifs (C(OH)–C–C–N with tert-alkyl or cyclic N) is 1. The molecule has 2 aliphatic heterocycles. The van der Waals surface area contributed by atoms with Gasteiger partial charge in [0.25, 0.3) is 0 Å². The third kappa shape index (κ3) is 3.84. The van der Waals surface area contributed by atoms with Crippen molar-refractivity contribution in [3.63, 3.8) is 0 Å². The summed E-state index contributed by atoms with van der Waals surface area (Å²) in [6, 6.07) is 5.04. The first-order valence-electron chi connectivity index (χ1n) is 10.7. The van der Waals surface area contributed by atoms with E-state index < -0.39 is 17.7 Å². The Morgan fingerprint density at radius 1 is 1.19 bits per heavy atom. The molecule has 2 fully saturated rings. The number of fused-ring (bicyclic) bond motifs is 1. The van der Waals surface area contributed by atoms with Gasteiger partial charge >= 0.3 is 0 Å². The van der Waals surface area contributed by atoms with Crippen LogP contribution in [0.4, 0.5) is 14.6 Å². The van der Waals surface area contributed by atoms with Gasteiger partial charge in [0.1, 0.15) is 17.5 Å². The highest BCUT2D eigenvalue weighted by Crippen LogP contribution is 2.36. The van der Waals surface area contributed by atoms with E-state index in [1.807, 2.05) is 4.90 Å². The number of amides is 1. The van der Waals surface area contributed by atoms with Crippen molar-refractivity contribution in [3.8, 4) is 0 Å². The van der Waals surface area contributed by atoms with E-state index in [9.17, 15) is 18.7 Å². The van der Waals surface area contributed by atoms with Gasteiger partial charge in [0.2, 0.25) is 5.91 Å².